The number of H-pyrrole nitrogens is 2. The van der Waals surface area contributed by atoms with Crippen LogP contribution in [-0.2, 0) is 0 Å². The molecular weight excluding hydrogens is 566 g/mol. The smallest absolute Gasteiger partial charge is 0.286 e. The highest BCUT2D eigenvalue weighted by Crippen LogP contribution is 2.48. The minimum Gasteiger partial charge on any atom is -0.376 e. The predicted octanol–water partition coefficient (Wildman–Crippen LogP) is 6.42. The maximum atomic E-state index is 14.0. The average molecular weight is 590 g/mol. The Morgan fingerprint density at radius 2 is 1.74 bits per heavy atom. The van der Waals surface area contributed by atoms with Gasteiger partial charge in [-0.1, -0.05) is 30.3 Å². The van der Waals surface area contributed by atoms with Gasteiger partial charge in [0.2, 0.25) is 0 Å². The minimum absolute atomic E-state index is 0.115. The van der Waals surface area contributed by atoms with Crippen LogP contribution in [0.3, 0.4) is 0 Å². The van der Waals surface area contributed by atoms with Crippen molar-refractivity contribution < 1.29 is 19.2 Å². The summed E-state index contributed by atoms with van der Waals surface area (Å²) in [7, 11) is 1.57. The van der Waals surface area contributed by atoms with E-state index >= 15 is 0 Å². The third kappa shape index (κ3) is 3.89. The summed E-state index contributed by atoms with van der Waals surface area (Å²) in [5.41, 5.74) is 5.34. The fourth-order valence-electron chi connectivity index (χ4n) is 6.31. The second-order valence-corrected chi connectivity index (χ2v) is 11.2. The number of benzene rings is 4. The summed E-state index contributed by atoms with van der Waals surface area (Å²) >= 11 is 6.43. The Bertz CT molecular complexity index is 2130. The number of rotatable bonds is 4. The number of carbonyl (C=O) groups excluding carboxylic acids is 3. The number of hydroxylamine groups is 2. The van der Waals surface area contributed by atoms with Crippen molar-refractivity contribution in [1.29, 1.82) is 0 Å². The van der Waals surface area contributed by atoms with Crippen LogP contribution >= 0.6 is 11.6 Å². The van der Waals surface area contributed by atoms with Crippen LogP contribution < -0.4 is 15.1 Å². The fourth-order valence-corrected chi connectivity index (χ4v) is 6.56. The first-order chi connectivity index (χ1) is 20.9. The van der Waals surface area contributed by atoms with Crippen molar-refractivity contribution in [2.24, 2.45) is 0 Å². The van der Waals surface area contributed by atoms with Crippen LogP contribution in [0.5, 0.6) is 5.75 Å². The van der Waals surface area contributed by atoms with E-state index in [9.17, 15) is 14.4 Å². The molecule has 1 atom stereocenters. The van der Waals surface area contributed by atoms with E-state index in [1.54, 1.807) is 30.1 Å². The Morgan fingerprint density at radius 3 is 2.58 bits per heavy atom. The largest absolute Gasteiger partial charge is 0.376 e. The van der Waals surface area contributed by atoms with Gasteiger partial charge in [0.25, 0.3) is 17.7 Å². The number of halogens is 1. The first-order valence-corrected chi connectivity index (χ1v) is 14.4. The van der Waals surface area contributed by atoms with Crippen LogP contribution in [0.1, 0.15) is 42.8 Å². The first kappa shape index (κ1) is 25.4. The lowest BCUT2D eigenvalue weighted by Gasteiger charge is -2.27. The number of alkyl halides is 1. The molecule has 0 fully saturated rings. The van der Waals surface area contributed by atoms with E-state index in [1.165, 1.54) is 5.06 Å². The number of anilines is 2. The third-order valence-corrected chi connectivity index (χ3v) is 8.69. The van der Waals surface area contributed by atoms with Crippen molar-refractivity contribution in [1.82, 2.24) is 15.0 Å². The van der Waals surface area contributed by atoms with E-state index in [2.05, 4.69) is 15.3 Å². The van der Waals surface area contributed by atoms with Crippen LogP contribution in [0.15, 0.2) is 78.9 Å². The molecule has 0 unspecified atom stereocenters. The van der Waals surface area contributed by atoms with E-state index in [4.69, 9.17) is 16.4 Å². The van der Waals surface area contributed by atoms with Gasteiger partial charge in [-0.15, -0.1) is 11.6 Å². The Kier molecular flexibility index (Phi) is 5.54. The van der Waals surface area contributed by atoms with Crippen molar-refractivity contribution in [3.63, 3.8) is 0 Å². The quantitative estimate of drug-likeness (QED) is 0.206. The van der Waals surface area contributed by atoms with Crippen LogP contribution in [0.25, 0.3) is 32.6 Å². The van der Waals surface area contributed by atoms with Gasteiger partial charge >= 0.3 is 0 Å². The number of amides is 3. The highest BCUT2D eigenvalue weighted by Gasteiger charge is 2.38. The molecule has 3 amide bonds. The number of para-hydroxylation sites is 1. The highest BCUT2D eigenvalue weighted by molar-refractivity contribution is 6.20. The molecule has 0 bridgehead atoms. The molecule has 6 aromatic rings. The van der Waals surface area contributed by atoms with Gasteiger partial charge < -0.3 is 25.0 Å². The lowest BCUT2D eigenvalue weighted by molar-refractivity contribution is -0.0156. The van der Waals surface area contributed by atoms with Crippen molar-refractivity contribution in [3.8, 4) is 5.75 Å². The molecule has 4 aromatic carbocycles. The zero-order valence-electron chi connectivity index (χ0n) is 22.9. The molecule has 2 aliphatic rings. The number of aromatic nitrogens is 2. The van der Waals surface area contributed by atoms with E-state index < -0.39 is 0 Å². The van der Waals surface area contributed by atoms with Gasteiger partial charge in [-0.25, -0.2) is 0 Å². The summed E-state index contributed by atoms with van der Waals surface area (Å²) in [5, 5.41) is 7.49. The van der Waals surface area contributed by atoms with Gasteiger partial charge in [0.1, 0.15) is 11.4 Å². The Hall–Kier alpha value is -5.28. The molecule has 2 aromatic heterocycles. The molecule has 0 radical (unpaired) electrons. The molecule has 212 valence electrons. The van der Waals surface area contributed by atoms with Gasteiger partial charge in [-0.2, -0.15) is 5.06 Å². The Balaban J connectivity index is 1.12. The van der Waals surface area contributed by atoms with E-state index in [-0.39, 0.29) is 23.6 Å². The standard InChI is InChI=1S/C33H24ClN5O4/c1-38-32(41)22-7-4-6-21-29-19(15-34)16-39(27(29)14-28(43-38)30(21)22)33(42)26-13-18-11-20(9-10-24(18)37-26)35-31(40)25-12-17-5-2-3-8-23(17)36-25/h2-14,19,36-37H,15-16H2,1H3,(H,35,40)/t19-/m1/s1. The van der Waals surface area contributed by atoms with Crippen LogP contribution in [0.2, 0.25) is 0 Å². The molecule has 9 nitrogen and oxygen atoms in total. The van der Waals surface area contributed by atoms with E-state index in [1.807, 2.05) is 60.7 Å². The van der Waals surface area contributed by atoms with Gasteiger partial charge in [0, 0.05) is 64.3 Å². The summed E-state index contributed by atoms with van der Waals surface area (Å²) in [6, 6.07) is 24.2. The SMILES string of the molecule is CN1Oc2cc3c(c4cccc(c24)C1=O)[C@H](CCl)CN3C(=O)c1cc2cc(NC(=O)c3cc4ccccc4[nH]3)ccc2[nH]1. The maximum Gasteiger partial charge on any atom is 0.286 e. The number of hydrogen-bond acceptors (Lipinski definition) is 4. The van der Waals surface area contributed by atoms with Gasteiger partial charge in [-0.3, -0.25) is 14.4 Å². The molecule has 43 heavy (non-hydrogen) atoms. The zero-order valence-corrected chi connectivity index (χ0v) is 23.7. The molecule has 10 heteroatoms. The predicted molar refractivity (Wildman–Crippen MR) is 166 cm³/mol. The van der Waals surface area contributed by atoms with Gasteiger partial charge in [-0.05, 0) is 53.4 Å². The first-order valence-electron chi connectivity index (χ1n) is 13.8. The van der Waals surface area contributed by atoms with Crippen LogP contribution in [0.4, 0.5) is 11.4 Å². The van der Waals surface area contributed by atoms with Crippen molar-refractivity contribution in [2.45, 2.75) is 5.92 Å². The van der Waals surface area contributed by atoms with E-state index in [0.29, 0.717) is 46.5 Å². The normalized spacial score (nSPS) is 15.8. The minimum atomic E-state index is -0.253. The van der Waals surface area contributed by atoms with Gasteiger partial charge in [0.05, 0.1) is 11.3 Å². The Morgan fingerprint density at radius 1 is 0.953 bits per heavy atom. The number of carbonyl (C=O) groups is 3. The lowest BCUT2D eigenvalue weighted by atomic mass is 9.92. The molecule has 0 saturated heterocycles. The average Bonchev–Trinajstić information content (AvgIpc) is 3.74. The van der Waals surface area contributed by atoms with Crippen molar-refractivity contribution in [2.75, 3.05) is 29.7 Å². The van der Waals surface area contributed by atoms with Crippen LogP contribution in [-0.4, -0.2) is 52.2 Å². The van der Waals surface area contributed by atoms with Crippen molar-refractivity contribution >= 4 is 73.3 Å². The molecule has 2 aliphatic heterocycles. The maximum absolute atomic E-state index is 14.0. The molecule has 3 N–H and O–H groups in total. The summed E-state index contributed by atoms with van der Waals surface area (Å²) in [6.45, 7) is 0.394. The molecule has 0 aliphatic carbocycles. The second kappa shape index (κ2) is 9.37. The van der Waals surface area contributed by atoms with Crippen LogP contribution in [0, 0.1) is 0 Å². The molecule has 4 heterocycles. The number of aromatic amines is 2. The monoisotopic (exact) mass is 589 g/mol. The summed E-state index contributed by atoms with van der Waals surface area (Å²) in [6.07, 6.45) is 0. The summed E-state index contributed by atoms with van der Waals surface area (Å²) < 4.78 is 0. The van der Waals surface area contributed by atoms with E-state index in [0.717, 1.165) is 38.1 Å². The summed E-state index contributed by atoms with van der Waals surface area (Å²) in [5.74, 6) is 0.0353. The number of fused-ring (bicyclic) bond motifs is 4. The Labute approximate surface area is 249 Å². The zero-order chi connectivity index (χ0) is 29.4. The molecule has 8 rings (SSSR count). The number of nitrogens with zero attached hydrogens (tertiary/aromatic N) is 2. The number of nitrogens with one attached hydrogen (secondary N) is 3. The molecular formula is C33H24ClN5O4. The fraction of sp³-hybridized carbons (Fsp3) is 0.121. The second-order valence-electron chi connectivity index (χ2n) is 10.9. The molecule has 0 saturated carbocycles. The lowest BCUT2D eigenvalue weighted by Crippen LogP contribution is -2.33. The van der Waals surface area contributed by atoms with Crippen molar-refractivity contribution in [3.05, 3.63) is 101 Å². The third-order valence-electron chi connectivity index (χ3n) is 8.31. The summed E-state index contributed by atoms with van der Waals surface area (Å²) in [4.78, 5) is 53.6. The topological polar surface area (TPSA) is 111 Å². The number of hydrogen-bond donors (Lipinski definition) is 3. The highest BCUT2D eigenvalue weighted by atomic mass is 35.5. The van der Waals surface area contributed by atoms with Gasteiger partial charge in [0.15, 0.2) is 5.75 Å². The molecule has 0 spiro atoms.